The molecule has 19 heavy (non-hydrogen) atoms. The first-order chi connectivity index (χ1) is 9.22. The third-order valence-corrected chi connectivity index (χ3v) is 3.60. The molecule has 6 nitrogen and oxygen atoms in total. The summed E-state index contributed by atoms with van der Waals surface area (Å²) < 4.78 is 10.3. The Morgan fingerprint density at radius 1 is 1.26 bits per heavy atom. The molecule has 2 amide bonds. The van der Waals surface area contributed by atoms with Crippen LogP contribution in [0.1, 0.15) is 19.3 Å². The van der Waals surface area contributed by atoms with Crippen molar-refractivity contribution in [2.24, 2.45) is 11.8 Å². The van der Waals surface area contributed by atoms with E-state index in [0.29, 0.717) is 26.1 Å². The van der Waals surface area contributed by atoms with Crippen LogP contribution in [0.25, 0.3) is 0 Å². The molecule has 2 N–H and O–H groups in total. The van der Waals surface area contributed by atoms with E-state index >= 15 is 0 Å². The van der Waals surface area contributed by atoms with Crippen molar-refractivity contribution in [1.82, 2.24) is 10.6 Å². The molecular weight excluding hydrogens is 248 g/mol. The highest BCUT2D eigenvalue weighted by molar-refractivity contribution is 5.92. The Kier molecular flexibility index (Phi) is 5.15. The molecule has 3 atom stereocenters. The van der Waals surface area contributed by atoms with Gasteiger partial charge in [0.1, 0.15) is 0 Å². The monoisotopic (exact) mass is 270 g/mol. The molecule has 3 unspecified atom stereocenters. The van der Waals surface area contributed by atoms with E-state index in [2.05, 4.69) is 10.6 Å². The van der Waals surface area contributed by atoms with Crippen LogP contribution in [0.5, 0.6) is 0 Å². The van der Waals surface area contributed by atoms with Crippen LogP contribution in [0, 0.1) is 11.8 Å². The Morgan fingerprint density at radius 3 is 2.63 bits per heavy atom. The van der Waals surface area contributed by atoms with E-state index in [1.807, 2.05) is 0 Å². The van der Waals surface area contributed by atoms with Crippen molar-refractivity contribution in [2.45, 2.75) is 25.4 Å². The zero-order valence-corrected chi connectivity index (χ0v) is 11.3. The second-order valence-corrected chi connectivity index (χ2v) is 5.11. The largest absolute Gasteiger partial charge is 0.383 e. The summed E-state index contributed by atoms with van der Waals surface area (Å²) in [6, 6.07) is 0. The summed E-state index contributed by atoms with van der Waals surface area (Å²) in [5.74, 6) is -0.401. The minimum absolute atomic E-state index is 0.0256. The lowest BCUT2D eigenvalue weighted by molar-refractivity contribution is -0.127. The van der Waals surface area contributed by atoms with Gasteiger partial charge in [0.05, 0.1) is 24.5 Å². The van der Waals surface area contributed by atoms with Gasteiger partial charge in [-0.25, -0.2) is 0 Å². The van der Waals surface area contributed by atoms with E-state index in [1.54, 1.807) is 7.11 Å². The van der Waals surface area contributed by atoms with Gasteiger partial charge >= 0.3 is 0 Å². The highest BCUT2D eigenvalue weighted by Crippen LogP contribution is 2.38. The predicted octanol–water partition coefficient (Wildman–Crippen LogP) is -0.320. The smallest absolute Gasteiger partial charge is 0.224 e. The summed E-state index contributed by atoms with van der Waals surface area (Å²) in [6.07, 6.45) is 2.87. The zero-order chi connectivity index (χ0) is 13.7. The second kappa shape index (κ2) is 6.86. The topological polar surface area (TPSA) is 76.7 Å². The molecule has 2 aliphatic rings. The molecule has 108 valence electrons. The summed E-state index contributed by atoms with van der Waals surface area (Å²) >= 11 is 0. The van der Waals surface area contributed by atoms with Gasteiger partial charge in [-0.3, -0.25) is 9.59 Å². The molecule has 6 heteroatoms. The van der Waals surface area contributed by atoms with Crippen LogP contribution in [0.15, 0.2) is 0 Å². The summed E-state index contributed by atoms with van der Waals surface area (Å²) in [7, 11) is 1.59. The molecule has 2 rings (SSSR count). The van der Waals surface area contributed by atoms with Crippen molar-refractivity contribution >= 4 is 11.8 Å². The van der Waals surface area contributed by atoms with Crippen molar-refractivity contribution in [3.8, 4) is 0 Å². The predicted molar refractivity (Wildman–Crippen MR) is 68.5 cm³/mol. The van der Waals surface area contributed by atoms with Crippen LogP contribution in [0.2, 0.25) is 0 Å². The van der Waals surface area contributed by atoms with Crippen LogP contribution in [-0.4, -0.2) is 51.3 Å². The Morgan fingerprint density at radius 2 is 2.00 bits per heavy atom. The first-order valence-electron chi connectivity index (χ1n) is 6.88. The summed E-state index contributed by atoms with van der Waals surface area (Å²) in [5.41, 5.74) is 0. The number of carbonyl (C=O) groups excluding carboxylic acids is 2. The summed E-state index contributed by atoms with van der Waals surface area (Å²) in [4.78, 5) is 23.5. The molecule has 0 aromatic carbocycles. The fourth-order valence-corrected chi connectivity index (χ4v) is 2.33. The molecule has 0 aromatic rings. The van der Waals surface area contributed by atoms with E-state index in [0.717, 1.165) is 19.4 Å². The number of hydrogen-bond acceptors (Lipinski definition) is 4. The number of nitrogens with one attached hydrogen (secondary N) is 2. The molecule has 1 saturated carbocycles. The minimum atomic E-state index is -0.165. The molecule has 1 saturated heterocycles. The fourth-order valence-electron chi connectivity index (χ4n) is 2.33. The zero-order valence-electron chi connectivity index (χ0n) is 11.3. The molecular formula is C13H22N2O4. The van der Waals surface area contributed by atoms with Gasteiger partial charge in [-0.2, -0.15) is 0 Å². The van der Waals surface area contributed by atoms with Gasteiger partial charge in [0.2, 0.25) is 11.8 Å². The summed E-state index contributed by atoms with van der Waals surface area (Å²) in [6.45, 7) is 2.34. The van der Waals surface area contributed by atoms with Crippen molar-refractivity contribution in [3.05, 3.63) is 0 Å². The quantitative estimate of drug-likeness (QED) is 0.622. The van der Waals surface area contributed by atoms with Crippen molar-refractivity contribution < 1.29 is 19.1 Å². The number of carbonyl (C=O) groups is 2. The molecule has 0 bridgehead atoms. The van der Waals surface area contributed by atoms with Crippen molar-refractivity contribution in [3.63, 3.8) is 0 Å². The maximum Gasteiger partial charge on any atom is 0.224 e. The van der Waals surface area contributed by atoms with E-state index in [-0.39, 0.29) is 29.8 Å². The molecule has 1 aliphatic carbocycles. The van der Waals surface area contributed by atoms with Crippen LogP contribution in [0.4, 0.5) is 0 Å². The van der Waals surface area contributed by atoms with E-state index in [9.17, 15) is 9.59 Å². The maximum atomic E-state index is 11.8. The molecule has 0 spiro atoms. The lowest BCUT2D eigenvalue weighted by atomic mass is 10.2. The van der Waals surface area contributed by atoms with Crippen LogP contribution in [-0.2, 0) is 19.1 Å². The van der Waals surface area contributed by atoms with Gasteiger partial charge in [-0.05, 0) is 19.3 Å². The van der Waals surface area contributed by atoms with Crippen LogP contribution in [0.3, 0.4) is 0 Å². The van der Waals surface area contributed by atoms with E-state index in [4.69, 9.17) is 9.47 Å². The normalized spacial score (nSPS) is 29.0. The average molecular weight is 270 g/mol. The first-order valence-corrected chi connectivity index (χ1v) is 6.88. The van der Waals surface area contributed by atoms with Crippen LogP contribution >= 0.6 is 0 Å². The second-order valence-electron chi connectivity index (χ2n) is 5.11. The van der Waals surface area contributed by atoms with Gasteiger partial charge in [0, 0.05) is 26.8 Å². The van der Waals surface area contributed by atoms with Crippen molar-refractivity contribution in [2.75, 3.05) is 33.4 Å². The molecule has 2 fully saturated rings. The third-order valence-electron chi connectivity index (χ3n) is 3.60. The average Bonchev–Trinajstić information content (AvgIpc) is 3.05. The number of amides is 2. The highest BCUT2D eigenvalue weighted by atomic mass is 16.5. The number of ether oxygens (including phenoxy) is 2. The lowest BCUT2D eigenvalue weighted by Crippen LogP contribution is -2.35. The van der Waals surface area contributed by atoms with Gasteiger partial charge in [-0.1, -0.05) is 0 Å². The molecule has 1 aliphatic heterocycles. The van der Waals surface area contributed by atoms with E-state index < -0.39 is 0 Å². The standard InChI is InChI=1S/C13H22N2O4/c1-18-6-4-14-12(16)10-7-11(10)13(17)15-8-9-3-2-5-19-9/h9-11H,2-8H2,1H3,(H,14,16)(H,15,17). The van der Waals surface area contributed by atoms with E-state index in [1.165, 1.54) is 0 Å². The van der Waals surface area contributed by atoms with Gasteiger partial charge in [0.25, 0.3) is 0 Å². The molecule has 1 heterocycles. The highest BCUT2D eigenvalue weighted by Gasteiger charge is 2.47. The first kappa shape index (κ1) is 14.3. The summed E-state index contributed by atoms with van der Waals surface area (Å²) in [5, 5.41) is 5.63. The Balaban J connectivity index is 1.61. The third kappa shape index (κ3) is 4.18. The minimum Gasteiger partial charge on any atom is -0.383 e. The molecule has 0 aromatic heterocycles. The Labute approximate surface area is 113 Å². The van der Waals surface area contributed by atoms with Crippen molar-refractivity contribution in [1.29, 1.82) is 0 Å². The van der Waals surface area contributed by atoms with Crippen LogP contribution < -0.4 is 10.6 Å². The SMILES string of the molecule is COCCNC(=O)C1CC1C(=O)NCC1CCCO1. The number of methoxy groups -OCH3 is 1. The fraction of sp³-hybridized carbons (Fsp3) is 0.846. The van der Waals surface area contributed by atoms with Gasteiger partial charge in [-0.15, -0.1) is 0 Å². The molecule has 0 radical (unpaired) electrons. The Bertz CT molecular complexity index is 329. The number of rotatable bonds is 7. The maximum absolute atomic E-state index is 11.8. The van der Waals surface area contributed by atoms with Gasteiger partial charge in [0.15, 0.2) is 0 Å². The van der Waals surface area contributed by atoms with Gasteiger partial charge < -0.3 is 20.1 Å². The Hall–Kier alpha value is -1.14. The number of hydrogen-bond donors (Lipinski definition) is 2. The lowest BCUT2D eigenvalue weighted by Gasteiger charge is -2.10.